The van der Waals surface area contributed by atoms with Gasteiger partial charge in [-0.25, -0.2) is 15.0 Å². The molecular weight excluding hydrogens is 711 g/mol. The van der Waals surface area contributed by atoms with Crippen LogP contribution in [-0.2, 0) is 6.42 Å². The summed E-state index contributed by atoms with van der Waals surface area (Å²) in [4.78, 5) is 15.6. The molecule has 1 unspecified atom stereocenters. The molecule has 0 bridgehead atoms. The second kappa shape index (κ2) is 13.1. The summed E-state index contributed by atoms with van der Waals surface area (Å²) in [7, 11) is 0. The maximum absolute atomic E-state index is 6.76. The predicted octanol–water partition coefficient (Wildman–Crippen LogP) is 13.8. The first kappa shape index (κ1) is 32.8. The highest BCUT2D eigenvalue weighted by atomic mass is 16.3. The minimum absolute atomic E-state index is 0.328. The van der Waals surface area contributed by atoms with E-state index in [0.29, 0.717) is 23.4 Å². The molecule has 0 N–H and O–H groups in total. The molecule has 2 aliphatic carbocycles. The Labute approximate surface area is 334 Å². The summed E-state index contributed by atoms with van der Waals surface area (Å²) < 4.78 is 13.1. The van der Waals surface area contributed by atoms with E-state index < -0.39 is 0 Å². The number of rotatable bonds is 5. The summed E-state index contributed by atoms with van der Waals surface area (Å²) in [5, 5.41) is 4.14. The van der Waals surface area contributed by atoms with E-state index in [1.165, 1.54) is 27.8 Å². The van der Waals surface area contributed by atoms with Crippen molar-refractivity contribution >= 4 is 56.0 Å². The number of hydrogen-bond acceptors (Lipinski definition) is 5. The number of aryl methyl sites for hydroxylation is 1. The van der Waals surface area contributed by atoms with Crippen molar-refractivity contribution in [2.45, 2.75) is 25.2 Å². The smallest absolute Gasteiger partial charge is 0.164 e. The molecule has 10 aromatic rings. The SMILES string of the molecule is C1=Cc2cc(-c3nc(-c4ccc5c(c4)oc4ccccc45)nc(-c4ccc(-c5ccc(C6CC=Cc7ccccc76)cc5)c5oc6ccccc6c45)n3)ccc2CC1. The van der Waals surface area contributed by atoms with Crippen molar-refractivity contribution < 1.29 is 8.83 Å². The molecule has 0 saturated carbocycles. The molecular formula is C53H35N3O2. The highest BCUT2D eigenvalue weighted by Gasteiger charge is 2.23. The van der Waals surface area contributed by atoms with Gasteiger partial charge in [0, 0.05) is 49.7 Å². The summed E-state index contributed by atoms with van der Waals surface area (Å²) in [6, 6.07) is 51.2. The standard InChI is InChI=1S/C53H35N3O2/c1-2-12-36-30-37(25-20-32(36)10-1)51-54-52(38-26-27-43-42-15-5-7-18-46(42)57-48(43)31-38)56-53(55-51)45-29-28-41(50-49(45)44-16-6-8-19-47(44)58-50)35-23-21-34(22-24-35)40-17-9-13-33-11-3-4-14-39(33)40/h2-9,11-16,18-31,40H,1,10,17H2. The third-order valence-electron chi connectivity index (χ3n) is 12.0. The van der Waals surface area contributed by atoms with Crippen LogP contribution in [0.4, 0.5) is 0 Å². The lowest BCUT2D eigenvalue weighted by atomic mass is 9.82. The normalized spacial score (nSPS) is 14.7. The van der Waals surface area contributed by atoms with Crippen molar-refractivity contribution in [3.05, 3.63) is 186 Å². The Morgan fingerprint density at radius 1 is 0.483 bits per heavy atom. The Kier molecular flexibility index (Phi) is 7.42. The molecule has 3 aromatic heterocycles. The molecule has 5 nitrogen and oxygen atoms in total. The minimum atomic E-state index is 0.328. The predicted molar refractivity (Wildman–Crippen MR) is 235 cm³/mol. The van der Waals surface area contributed by atoms with Crippen LogP contribution in [0.5, 0.6) is 0 Å². The lowest BCUT2D eigenvalue weighted by molar-refractivity contribution is 0.669. The van der Waals surface area contributed by atoms with Crippen LogP contribution in [0.3, 0.4) is 0 Å². The van der Waals surface area contributed by atoms with Gasteiger partial charge in [-0.05, 0) is 95.1 Å². The number of benzene rings is 7. The zero-order valence-electron chi connectivity index (χ0n) is 31.5. The molecule has 2 aliphatic rings. The van der Waals surface area contributed by atoms with Crippen molar-refractivity contribution in [2.24, 2.45) is 0 Å². The van der Waals surface area contributed by atoms with Crippen LogP contribution in [0, 0.1) is 0 Å². The zero-order chi connectivity index (χ0) is 38.2. The topological polar surface area (TPSA) is 65.0 Å². The monoisotopic (exact) mass is 745 g/mol. The van der Waals surface area contributed by atoms with Crippen molar-refractivity contribution in [1.82, 2.24) is 15.0 Å². The van der Waals surface area contributed by atoms with Gasteiger partial charge >= 0.3 is 0 Å². The fraction of sp³-hybridized carbons (Fsp3) is 0.0755. The lowest BCUT2D eigenvalue weighted by Gasteiger charge is -2.22. The van der Waals surface area contributed by atoms with Crippen LogP contribution in [-0.4, -0.2) is 15.0 Å². The summed E-state index contributed by atoms with van der Waals surface area (Å²) in [5.74, 6) is 2.11. The van der Waals surface area contributed by atoms with E-state index in [1.807, 2.05) is 36.4 Å². The first-order valence-electron chi connectivity index (χ1n) is 20.0. The number of para-hydroxylation sites is 2. The maximum atomic E-state index is 6.76. The number of aromatic nitrogens is 3. The number of hydrogen-bond donors (Lipinski definition) is 0. The summed E-state index contributed by atoms with van der Waals surface area (Å²) in [6.45, 7) is 0. The van der Waals surface area contributed by atoms with Gasteiger partial charge in [0.1, 0.15) is 22.3 Å². The fourth-order valence-electron chi connectivity index (χ4n) is 9.08. The van der Waals surface area contributed by atoms with Gasteiger partial charge in [-0.1, -0.05) is 127 Å². The van der Waals surface area contributed by atoms with E-state index >= 15 is 0 Å². The van der Waals surface area contributed by atoms with Gasteiger partial charge in [-0.15, -0.1) is 0 Å². The molecule has 1 atom stereocenters. The quantitative estimate of drug-likeness (QED) is 0.175. The van der Waals surface area contributed by atoms with Crippen molar-refractivity contribution in [1.29, 1.82) is 0 Å². The van der Waals surface area contributed by atoms with Gasteiger partial charge in [-0.2, -0.15) is 0 Å². The third-order valence-corrected chi connectivity index (χ3v) is 12.0. The van der Waals surface area contributed by atoms with Crippen molar-refractivity contribution in [3.8, 4) is 45.3 Å². The molecule has 0 radical (unpaired) electrons. The Bertz CT molecular complexity index is 3330. The molecule has 3 heterocycles. The summed E-state index contributed by atoms with van der Waals surface area (Å²) in [6.07, 6.45) is 12.0. The molecule has 12 rings (SSSR count). The maximum Gasteiger partial charge on any atom is 0.164 e. The number of allylic oxidation sites excluding steroid dienone is 2. The van der Waals surface area contributed by atoms with Crippen LogP contribution in [0.25, 0.3) is 101 Å². The van der Waals surface area contributed by atoms with Gasteiger partial charge < -0.3 is 8.83 Å². The highest BCUT2D eigenvalue weighted by Crippen LogP contribution is 2.43. The van der Waals surface area contributed by atoms with Crippen LogP contribution in [0.15, 0.2) is 167 Å². The van der Waals surface area contributed by atoms with E-state index in [1.54, 1.807) is 0 Å². The van der Waals surface area contributed by atoms with E-state index in [9.17, 15) is 0 Å². The molecule has 0 spiro atoms. The van der Waals surface area contributed by atoms with Gasteiger partial charge in [-0.3, -0.25) is 0 Å². The lowest BCUT2D eigenvalue weighted by Crippen LogP contribution is -2.05. The second-order valence-corrected chi connectivity index (χ2v) is 15.4. The molecule has 0 aliphatic heterocycles. The number of nitrogens with zero attached hydrogens (tertiary/aromatic N) is 3. The Balaban J connectivity index is 1.03. The number of fused-ring (bicyclic) bond motifs is 8. The molecule has 274 valence electrons. The van der Waals surface area contributed by atoms with Crippen molar-refractivity contribution in [2.75, 3.05) is 0 Å². The Morgan fingerprint density at radius 2 is 1.16 bits per heavy atom. The average molecular weight is 746 g/mol. The van der Waals surface area contributed by atoms with Gasteiger partial charge in [0.05, 0.1) is 0 Å². The third kappa shape index (κ3) is 5.35. The van der Waals surface area contributed by atoms with E-state index in [2.05, 4.69) is 133 Å². The van der Waals surface area contributed by atoms with Crippen LogP contribution >= 0.6 is 0 Å². The van der Waals surface area contributed by atoms with Crippen LogP contribution in [0.2, 0.25) is 0 Å². The molecule has 58 heavy (non-hydrogen) atoms. The first-order valence-corrected chi connectivity index (χ1v) is 20.0. The summed E-state index contributed by atoms with van der Waals surface area (Å²) in [5.41, 5.74) is 14.6. The molecule has 0 amide bonds. The zero-order valence-corrected chi connectivity index (χ0v) is 31.5. The van der Waals surface area contributed by atoms with E-state index in [4.69, 9.17) is 23.8 Å². The molecule has 0 fully saturated rings. The number of furan rings is 2. The molecule has 0 saturated heterocycles. The largest absolute Gasteiger partial charge is 0.456 e. The minimum Gasteiger partial charge on any atom is -0.456 e. The Morgan fingerprint density at radius 3 is 2.03 bits per heavy atom. The highest BCUT2D eigenvalue weighted by molar-refractivity contribution is 6.16. The van der Waals surface area contributed by atoms with Gasteiger partial charge in [0.25, 0.3) is 0 Å². The van der Waals surface area contributed by atoms with Gasteiger partial charge in [0.2, 0.25) is 0 Å². The summed E-state index contributed by atoms with van der Waals surface area (Å²) >= 11 is 0. The average Bonchev–Trinajstić information content (AvgIpc) is 3.87. The van der Waals surface area contributed by atoms with E-state index in [0.717, 1.165) is 91.0 Å². The molecule has 7 aromatic carbocycles. The first-order chi connectivity index (χ1) is 28.7. The Hall–Kier alpha value is -7.37. The van der Waals surface area contributed by atoms with Crippen molar-refractivity contribution in [3.63, 3.8) is 0 Å². The second-order valence-electron chi connectivity index (χ2n) is 15.4. The van der Waals surface area contributed by atoms with Crippen LogP contribution in [0.1, 0.15) is 46.6 Å². The van der Waals surface area contributed by atoms with E-state index in [-0.39, 0.29) is 0 Å². The van der Waals surface area contributed by atoms with Crippen LogP contribution < -0.4 is 0 Å². The fourth-order valence-corrected chi connectivity index (χ4v) is 9.08. The molecule has 5 heteroatoms. The van der Waals surface area contributed by atoms with Gasteiger partial charge in [0.15, 0.2) is 17.5 Å².